The average molecular weight is 1130 g/mol. The number of hydrogen-bond acceptors (Lipinski definition) is 10. The van der Waals surface area contributed by atoms with E-state index in [1.165, 1.54) is 42.5 Å². The third-order valence-electron chi connectivity index (χ3n) is 14.0. The number of anilines is 1. The second-order valence-corrected chi connectivity index (χ2v) is 24.1. The predicted molar refractivity (Wildman–Crippen MR) is 297 cm³/mol. The Morgan fingerprint density at radius 3 is 1.67 bits per heavy atom. The van der Waals surface area contributed by atoms with Crippen molar-refractivity contribution >= 4 is 70.8 Å². The SMILES string of the molecule is CC(C)[C@H]1CN(Cc2cc(F)cc(F)c2)CCN1C(=O)c1ccc(NS(=O)(=O)c2cccc3cccnc23)cc1.C[C@H]1CN(Cc2cc(F)cc(F)c2)CCN1C(=O)c1ccc(CS(=O)(=O)c2cccc3cccnc23)cc1Cl. The Labute approximate surface area is 461 Å². The van der Waals surface area contributed by atoms with Crippen LogP contribution in [0.1, 0.15) is 58.2 Å². The number of carbonyl (C=O) groups is 2. The number of sulfone groups is 1. The number of amides is 2. The fraction of sp³-hybridized carbons (Fsp3) is 0.254. The quantitative estimate of drug-likeness (QED) is 0.110. The molecule has 1 N–H and O–H groups in total. The lowest BCUT2D eigenvalue weighted by atomic mass is 9.98. The first-order chi connectivity index (χ1) is 37.7. The van der Waals surface area contributed by atoms with Gasteiger partial charge >= 0.3 is 0 Å². The number of piperazine rings is 2. The van der Waals surface area contributed by atoms with E-state index in [1.807, 2.05) is 30.6 Å². The minimum atomic E-state index is -3.91. The fourth-order valence-electron chi connectivity index (χ4n) is 10.2. The number of carbonyl (C=O) groups excluding carboxylic acids is 2. The van der Waals surface area contributed by atoms with Gasteiger partial charge in [0.2, 0.25) is 0 Å². The van der Waals surface area contributed by atoms with Gasteiger partial charge in [0.05, 0.1) is 32.3 Å². The fourth-order valence-corrected chi connectivity index (χ4v) is 13.2. The van der Waals surface area contributed by atoms with Gasteiger partial charge in [-0.25, -0.2) is 34.4 Å². The number of benzene rings is 6. The van der Waals surface area contributed by atoms with Crippen LogP contribution in [0.2, 0.25) is 5.02 Å². The Hall–Kier alpha value is -7.29. The summed E-state index contributed by atoms with van der Waals surface area (Å²) in [4.78, 5) is 43.2. The number of sulfonamides is 1. The lowest BCUT2D eigenvalue weighted by Gasteiger charge is -2.43. The van der Waals surface area contributed by atoms with Crippen molar-refractivity contribution in [3.8, 4) is 0 Å². The molecule has 8 aromatic rings. The van der Waals surface area contributed by atoms with E-state index in [2.05, 4.69) is 19.6 Å². The van der Waals surface area contributed by atoms with Crippen molar-refractivity contribution in [1.82, 2.24) is 29.6 Å². The van der Waals surface area contributed by atoms with Crippen molar-refractivity contribution in [3.63, 3.8) is 0 Å². The highest BCUT2D eigenvalue weighted by Crippen LogP contribution is 2.30. The molecule has 2 saturated heterocycles. The van der Waals surface area contributed by atoms with Gasteiger partial charge in [-0.15, -0.1) is 0 Å². The van der Waals surface area contributed by atoms with Crippen LogP contribution in [0.15, 0.2) is 162 Å². The van der Waals surface area contributed by atoms with Crippen LogP contribution in [0.25, 0.3) is 21.8 Å². The Kier molecular flexibility index (Phi) is 17.1. The van der Waals surface area contributed by atoms with Crippen molar-refractivity contribution < 1.29 is 44.0 Å². The second-order valence-electron chi connectivity index (χ2n) is 20.1. The summed E-state index contributed by atoms with van der Waals surface area (Å²) in [7, 11) is -7.64. The zero-order valence-corrected chi connectivity index (χ0v) is 45.8. The van der Waals surface area contributed by atoms with Crippen LogP contribution >= 0.6 is 11.6 Å². The number of para-hydroxylation sites is 2. The van der Waals surface area contributed by atoms with E-state index < -0.39 is 43.1 Å². The maximum absolute atomic E-state index is 13.7. The molecule has 2 aliphatic rings. The summed E-state index contributed by atoms with van der Waals surface area (Å²) in [5.41, 5.74) is 3.41. The zero-order chi connectivity index (χ0) is 56.2. The second kappa shape index (κ2) is 24.0. The number of halogens is 5. The Bertz CT molecular complexity index is 3750. The maximum Gasteiger partial charge on any atom is 0.264 e. The van der Waals surface area contributed by atoms with Crippen LogP contribution in [-0.4, -0.2) is 110 Å². The lowest BCUT2D eigenvalue weighted by Crippen LogP contribution is -2.56. The van der Waals surface area contributed by atoms with Gasteiger partial charge in [-0.3, -0.25) is 34.1 Å². The third-order valence-corrected chi connectivity index (χ3v) is 17.4. The summed E-state index contributed by atoms with van der Waals surface area (Å²) in [5.74, 6) is -2.99. The molecule has 20 heteroatoms. The Morgan fingerprint density at radius 1 is 0.608 bits per heavy atom. The molecule has 2 aromatic heterocycles. The van der Waals surface area contributed by atoms with Crippen molar-refractivity contribution in [2.24, 2.45) is 5.92 Å². The number of aromatic nitrogens is 2. The first kappa shape index (κ1) is 56.4. The molecule has 2 aliphatic heterocycles. The molecule has 2 atom stereocenters. The molecule has 13 nitrogen and oxygen atoms in total. The summed E-state index contributed by atoms with van der Waals surface area (Å²) in [6.07, 6.45) is 3.11. The van der Waals surface area contributed by atoms with Crippen LogP contribution in [0.3, 0.4) is 0 Å². The summed E-state index contributed by atoms with van der Waals surface area (Å²) >= 11 is 6.49. The van der Waals surface area contributed by atoms with Crippen molar-refractivity contribution in [2.45, 2.75) is 61.5 Å². The summed E-state index contributed by atoms with van der Waals surface area (Å²) < 4.78 is 110. The lowest BCUT2D eigenvalue weighted by molar-refractivity contribution is 0.0328. The molecule has 79 heavy (non-hydrogen) atoms. The molecule has 10 rings (SSSR count). The monoisotopic (exact) mass is 1130 g/mol. The van der Waals surface area contributed by atoms with Crippen LogP contribution in [-0.2, 0) is 38.7 Å². The van der Waals surface area contributed by atoms with Gasteiger partial charge in [0.25, 0.3) is 21.8 Å². The minimum Gasteiger partial charge on any atom is -0.333 e. The molecular weight excluding hydrogens is 1080 g/mol. The predicted octanol–water partition coefficient (Wildman–Crippen LogP) is 10.8. The number of nitrogens with zero attached hydrogens (tertiary/aromatic N) is 6. The molecule has 0 bridgehead atoms. The van der Waals surface area contributed by atoms with Gasteiger partial charge in [0.15, 0.2) is 9.84 Å². The van der Waals surface area contributed by atoms with E-state index in [-0.39, 0.29) is 55.9 Å². The summed E-state index contributed by atoms with van der Waals surface area (Å²) in [6.45, 7) is 9.80. The van der Waals surface area contributed by atoms with E-state index in [0.717, 1.165) is 17.5 Å². The molecule has 2 amide bonds. The van der Waals surface area contributed by atoms with Gasteiger partial charge in [0.1, 0.15) is 28.2 Å². The van der Waals surface area contributed by atoms with Crippen molar-refractivity contribution in [2.75, 3.05) is 44.0 Å². The molecule has 0 aliphatic carbocycles. The van der Waals surface area contributed by atoms with Gasteiger partial charge < -0.3 is 9.80 Å². The number of nitrogens with one attached hydrogen (secondary N) is 1. The van der Waals surface area contributed by atoms with E-state index in [9.17, 15) is 44.0 Å². The molecule has 2 fully saturated rings. The highest BCUT2D eigenvalue weighted by molar-refractivity contribution is 7.93. The first-order valence-corrected chi connectivity index (χ1v) is 29.0. The van der Waals surface area contributed by atoms with Crippen LogP contribution < -0.4 is 4.72 Å². The number of hydrogen-bond donors (Lipinski definition) is 1. The van der Waals surface area contributed by atoms with Crippen LogP contribution in [0, 0.1) is 29.2 Å². The van der Waals surface area contributed by atoms with Crippen molar-refractivity contribution in [3.05, 3.63) is 208 Å². The van der Waals surface area contributed by atoms with Gasteiger partial charge in [0, 0.05) is 111 Å². The smallest absolute Gasteiger partial charge is 0.264 e. The van der Waals surface area contributed by atoms with Crippen LogP contribution in [0.4, 0.5) is 23.2 Å². The minimum absolute atomic E-state index is 0.0735. The number of rotatable bonds is 13. The molecule has 0 spiro atoms. The number of pyridine rings is 2. The Morgan fingerprint density at radius 2 is 1.13 bits per heavy atom. The average Bonchev–Trinajstić information content (AvgIpc) is 3.50. The standard InChI is InChI=1S/C30H30F2N4O3S.C29H26ClF2N3O3S/c1-20(2)27-19-35(18-21-15-24(31)17-25(32)16-21)13-14-36(27)30(37)23-8-10-26(11-9-23)34-40(38,39)28-7-3-5-22-6-4-12-33-29(22)28;1-19-16-34(17-21-12-23(31)15-24(32)13-21)10-11-35(19)29(36)25-8-7-20(14-26(25)30)18-39(37,38)27-6-2-4-22-5-3-9-33-28(22)27/h3-12,15-17,20,27,34H,13-14,18-19H2,1-2H3;2-9,12-15,19H,10-11,16-18H2,1H3/t27-;19-/m10/s1. The van der Waals surface area contributed by atoms with Crippen molar-refractivity contribution in [1.29, 1.82) is 0 Å². The Balaban J connectivity index is 0.000000192. The molecule has 0 radical (unpaired) electrons. The van der Waals surface area contributed by atoms with E-state index >= 15 is 0 Å². The highest BCUT2D eigenvalue weighted by Gasteiger charge is 2.34. The zero-order valence-electron chi connectivity index (χ0n) is 43.4. The van der Waals surface area contributed by atoms with Crippen LogP contribution in [0.5, 0.6) is 0 Å². The van der Waals surface area contributed by atoms with E-state index in [0.29, 0.717) is 96.7 Å². The maximum atomic E-state index is 13.7. The summed E-state index contributed by atoms with van der Waals surface area (Å²) in [5, 5.41) is 1.62. The third kappa shape index (κ3) is 13.4. The highest BCUT2D eigenvalue weighted by atomic mass is 35.5. The molecule has 6 aromatic carbocycles. The molecular formula is C59H56ClF4N7O6S2. The van der Waals surface area contributed by atoms with Gasteiger partial charge in [-0.1, -0.05) is 67.9 Å². The van der Waals surface area contributed by atoms with E-state index in [1.54, 1.807) is 102 Å². The topological polar surface area (TPSA) is 153 Å². The first-order valence-electron chi connectivity index (χ1n) is 25.5. The number of fused-ring (bicyclic) bond motifs is 2. The van der Waals surface area contributed by atoms with Gasteiger partial charge in [-0.2, -0.15) is 0 Å². The van der Waals surface area contributed by atoms with E-state index in [4.69, 9.17) is 11.6 Å². The molecule has 410 valence electrons. The largest absolute Gasteiger partial charge is 0.333 e. The van der Waals surface area contributed by atoms with Gasteiger partial charge in [-0.05, 0) is 114 Å². The molecule has 4 heterocycles. The summed E-state index contributed by atoms with van der Waals surface area (Å²) in [6, 6.07) is 34.9. The normalized spacial score (nSPS) is 16.5. The molecule has 0 unspecified atom stereocenters. The molecule has 0 saturated carbocycles.